The van der Waals surface area contributed by atoms with E-state index in [0.717, 1.165) is 6.42 Å². The Kier molecular flexibility index (Phi) is 11.8. The first kappa shape index (κ1) is 23.0. The molecule has 2 unspecified atom stereocenters. The SMILES string of the molecule is CNC(CCC(=O)NCCOC(C)CCOC(C)(C)CN)C(C)=O. The van der Waals surface area contributed by atoms with Crippen LogP contribution in [0.5, 0.6) is 0 Å². The van der Waals surface area contributed by atoms with E-state index in [0.29, 0.717) is 39.1 Å². The third-order valence-electron chi connectivity index (χ3n) is 3.83. The fraction of sp³-hybridized carbons (Fsp3) is 0.882. The van der Waals surface area contributed by atoms with Crippen molar-refractivity contribution in [2.75, 3.05) is 33.4 Å². The minimum absolute atomic E-state index is 0.0440. The van der Waals surface area contributed by atoms with Gasteiger partial charge in [0.25, 0.3) is 0 Å². The molecule has 0 fully saturated rings. The number of hydrogen-bond acceptors (Lipinski definition) is 6. The number of rotatable bonds is 14. The van der Waals surface area contributed by atoms with Gasteiger partial charge in [-0.3, -0.25) is 9.59 Å². The van der Waals surface area contributed by atoms with E-state index in [-0.39, 0.29) is 29.4 Å². The van der Waals surface area contributed by atoms with Crippen molar-refractivity contribution in [3.8, 4) is 0 Å². The van der Waals surface area contributed by atoms with Crippen LogP contribution >= 0.6 is 0 Å². The maximum absolute atomic E-state index is 11.7. The van der Waals surface area contributed by atoms with E-state index < -0.39 is 0 Å². The molecule has 4 N–H and O–H groups in total. The smallest absolute Gasteiger partial charge is 0.220 e. The van der Waals surface area contributed by atoms with Gasteiger partial charge in [0.2, 0.25) is 5.91 Å². The highest BCUT2D eigenvalue weighted by Crippen LogP contribution is 2.08. The van der Waals surface area contributed by atoms with E-state index >= 15 is 0 Å². The van der Waals surface area contributed by atoms with Gasteiger partial charge < -0.3 is 25.8 Å². The van der Waals surface area contributed by atoms with Crippen molar-refractivity contribution in [1.82, 2.24) is 10.6 Å². The summed E-state index contributed by atoms with van der Waals surface area (Å²) in [6.45, 7) is 9.40. The minimum Gasteiger partial charge on any atom is -0.377 e. The number of likely N-dealkylation sites (N-methyl/N-ethyl adjacent to an activating group) is 1. The monoisotopic (exact) mass is 345 g/mol. The molecule has 0 aliphatic carbocycles. The lowest BCUT2D eigenvalue weighted by Crippen LogP contribution is -2.35. The summed E-state index contributed by atoms with van der Waals surface area (Å²) < 4.78 is 11.3. The van der Waals surface area contributed by atoms with Crippen LogP contribution in [-0.2, 0) is 19.1 Å². The Balaban J connectivity index is 3.70. The second kappa shape index (κ2) is 12.4. The normalized spacial score (nSPS) is 14.2. The van der Waals surface area contributed by atoms with Crippen molar-refractivity contribution in [3.63, 3.8) is 0 Å². The zero-order valence-corrected chi connectivity index (χ0v) is 15.8. The van der Waals surface area contributed by atoms with Crippen molar-refractivity contribution in [2.45, 2.75) is 64.7 Å². The van der Waals surface area contributed by atoms with Gasteiger partial charge in [-0.2, -0.15) is 0 Å². The van der Waals surface area contributed by atoms with Crippen molar-refractivity contribution >= 4 is 11.7 Å². The molecule has 0 saturated heterocycles. The summed E-state index contributed by atoms with van der Waals surface area (Å²) in [5.41, 5.74) is 5.29. The van der Waals surface area contributed by atoms with Crippen LogP contribution in [0.4, 0.5) is 0 Å². The lowest BCUT2D eigenvalue weighted by molar-refractivity contribution is -0.122. The van der Waals surface area contributed by atoms with Gasteiger partial charge in [0.1, 0.15) is 5.78 Å². The number of amides is 1. The van der Waals surface area contributed by atoms with E-state index in [1.54, 1.807) is 7.05 Å². The van der Waals surface area contributed by atoms with E-state index in [4.69, 9.17) is 15.2 Å². The molecule has 0 saturated carbocycles. The zero-order valence-electron chi connectivity index (χ0n) is 15.8. The molecule has 7 heteroatoms. The highest BCUT2D eigenvalue weighted by molar-refractivity contribution is 5.82. The van der Waals surface area contributed by atoms with Crippen molar-refractivity contribution in [1.29, 1.82) is 0 Å². The van der Waals surface area contributed by atoms with E-state index in [2.05, 4.69) is 10.6 Å². The van der Waals surface area contributed by atoms with Crippen LogP contribution in [-0.4, -0.2) is 62.8 Å². The van der Waals surface area contributed by atoms with Crippen LogP contribution in [0, 0.1) is 0 Å². The quantitative estimate of drug-likeness (QED) is 0.399. The third kappa shape index (κ3) is 11.5. The largest absolute Gasteiger partial charge is 0.377 e. The number of Topliss-reactive ketones (excluding diaryl/α,β-unsaturated/α-hetero) is 1. The molecule has 0 radical (unpaired) electrons. The molecule has 24 heavy (non-hydrogen) atoms. The summed E-state index contributed by atoms with van der Waals surface area (Å²) in [6.07, 6.45) is 1.66. The van der Waals surface area contributed by atoms with Gasteiger partial charge in [-0.15, -0.1) is 0 Å². The number of carbonyl (C=O) groups excluding carboxylic acids is 2. The number of carbonyl (C=O) groups is 2. The van der Waals surface area contributed by atoms with Gasteiger partial charge in [0.05, 0.1) is 24.4 Å². The van der Waals surface area contributed by atoms with Crippen LogP contribution in [0.1, 0.15) is 47.0 Å². The molecule has 0 aliphatic rings. The lowest BCUT2D eigenvalue weighted by Gasteiger charge is -2.24. The van der Waals surface area contributed by atoms with E-state index in [9.17, 15) is 9.59 Å². The molecule has 7 nitrogen and oxygen atoms in total. The Morgan fingerprint density at radius 1 is 1.21 bits per heavy atom. The molecule has 0 rings (SSSR count). The molecule has 0 heterocycles. The number of hydrogen-bond donors (Lipinski definition) is 3. The molecule has 0 aromatic heterocycles. The molecular formula is C17H35N3O4. The standard InChI is InChI=1S/C17H35N3O4/c1-13(8-10-24-17(3,4)12-18)23-11-9-20-16(22)7-6-15(19-5)14(2)21/h13,15,19H,6-12,18H2,1-5H3,(H,20,22). The van der Waals surface area contributed by atoms with E-state index in [1.807, 2.05) is 20.8 Å². The topological polar surface area (TPSA) is 103 Å². The predicted molar refractivity (Wildman–Crippen MR) is 94.9 cm³/mol. The summed E-state index contributed by atoms with van der Waals surface area (Å²) >= 11 is 0. The van der Waals surface area contributed by atoms with Crippen LogP contribution in [0.3, 0.4) is 0 Å². The van der Waals surface area contributed by atoms with Crippen molar-refractivity contribution in [2.24, 2.45) is 5.73 Å². The summed E-state index contributed by atoms with van der Waals surface area (Å²) in [5, 5.41) is 5.69. The third-order valence-corrected chi connectivity index (χ3v) is 3.83. The van der Waals surface area contributed by atoms with Crippen LogP contribution in [0.25, 0.3) is 0 Å². The van der Waals surface area contributed by atoms with Gasteiger partial charge in [-0.05, 0) is 47.6 Å². The highest BCUT2D eigenvalue weighted by Gasteiger charge is 2.16. The second-order valence-electron chi connectivity index (χ2n) is 6.62. The molecule has 0 aromatic carbocycles. The van der Waals surface area contributed by atoms with E-state index in [1.165, 1.54) is 6.92 Å². The summed E-state index contributed by atoms with van der Waals surface area (Å²) in [7, 11) is 1.72. The lowest BCUT2D eigenvalue weighted by atomic mass is 10.1. The molecule has 142 valence electrons. The first-order valence-electron chi connectivity index (χ1n) is 8.62. The number of nitrogens with two attached hydrogens (primary N) is 1. The average molecular weight is 345 g/mol. The first-order valence-corrected chi connectivity index (χ1v) is 8.62. The number of ether oxygens (including phenoxy) is 2. The van der Waals surface area contributed by atoms with Crippen molar-refractivity contribution < 1.29 is 19.1 Å². The molecule has 0 aromatic rings. The molecule has 0 bridgehead atoms. The summed E-state index contributed by atoms with van der Waals surface area (Å²) in [6, 6.07) is -0.259. The molecule has 2 atom stereocenters. The van der Waals surface area contributed by atoms with Crippen LogP contribution in [0.2, 0.25) is 0 Å². The molecule has 1 amide bonds. The summed E-state index contributed by atoms with van der Waals surface area (Å²) in [4.78, 5) is 23.0. The second-order valence-corrected chi connectivity index (χ2v) is 6.62. The Morgan fingerprint density at radius 3 is 2.42 bits per heavy atom. The van der Waals surface area contributed by atoms with Gasteiger partial charge in [-0.1, -0.05) is 0 Å². The first-order chi connectivity index (χ1) is 11.2. The number of ketones is 1. The van der Waals surface area contributed by atoms with Gasteiger partial charge >= 0.3 is 0 Å². The minimum atomic E-state index is -0.307. The van der Waals surface area contributed by atoms with Gasteiger partial charge in [0, 0.05) is 26.1 Å². The summed E-state index contributed by atoms with van der Waals surface area (Å²) in [5.74, 6) is -0.0247. The molecule has 0 spiro atoms. The fourth-order valence-electron chi connectivity index (χ4n) is 2.01. The maximum atomic E-state index is 11.7. The van der Waals surface area contributed by atoms with Crippen LogP contribution < -0.4 is 16.4 Å². The predicted octanol–water partition coefficient (Wildman–Crippen LogP) is 0.609. The highest BCUT2D eigenvalue weighted by atomic mass is 16.5. The fourth-order valence-corrected chi connectivity index (χ4v) is 2.01. The maximum Gasteiger partial charge on any atom is 0.220 e. The van der Waals surface area contributed by atoms with Gasteiger partial charge in [-0.25, -0.2) is 0 Å². The zero-order chi connectivity index (χ0) is 18.6. The Bertz CT molecular complexity index is 375. The van der Waals surface area contributed by atoms with Gasteiger partial charge in [0.15, 0.2) is 0 Å². The van der Waals surface area contributed by atoms with Crippen LogP contribution in [0.15, 0.2) is 0 Å². The number of nitrogens with one attached hydrogen (secondary N) is 2. The Morgan fingerprint density at radius 2 is 1.88 bits per heavy atom. The molecular weight excluding hydrogens is 310 g/mol. The Labute approximate surface area is 146 Å². The average Bonchev–Trinajstić information content (AvgIpc) is 2.51. The van der Waals surface area contributed by atoms with Crippen molar-refractivity contribution in [3.05, 3.63) is 0 Å². The molecule has 0 aliphatic heterocycles. The Hall–Kier alpha value is -1.02.